The molecule has 0 aromatic heterocycles. The van der Waals surface area contributed by atoms with E-state index in [4.69, 9.17) is 0 Å². The fraction of sp³-hybridized carbons (Fsp3) is 0.333. The Bertz CT molecular complexity index is 527. The third-order valence-corrected chi connectivity index (χ3v) is 4.07. The van der Waals surface area contributed by atoms with E-state index in [1.807, 2.05) is 6.07 Å². The highest BCUT2D eigenvalue weighted by molar-refractivity contribution is 5.33. The maximum absolute atomic E-state index is 9.60. The van der Waals surface area contributed by atoms with Gasteiger partial charge in [-0.25, -0.2) is 0 Å². The zero-order valence-electron chi connectivity index (χ0n) is 11.6. The van der Waals surface area contributed by atoms with Gasteiger partial charge in [0.2, 0.25) is 0 Å². The van der Waals surface area contributed by atoms with Crippen molar-refractivity contribution in [2.75, 3.05) is 6.61 Å². The molecular weight excluding hydrogens is 246 g/mol. The van der Waals surface area contributed by atoms with Crippen molar-refractivity contribution in [2.45, 2.75) is 31.3 Å². The minimum Gasteiger partial charge on any atom is -0.395 e. The fourth-order valence-electron chi connectivity index (χ4n) is 3.08. The van der Waals surface area contributed by atoms with E-state index in [-0.39, 0.29) is 12.6 Å². The molecule has 0 saturated heterocycles. The first-order chi connectivity index (χ1) is 9.85. The van der Waals surface area contributed by atoms with Crippen LogP contribution in [-0.2, 0) is 19.3 Å². The number of aliphatic hydroxyl groups excluding tert-OH is 1. The molecule has 0 fully saturated rings. The van der Waals surface area contributed by atoms with Crippen LogP contribution < -0.4 is 5.32 Å². The maximum atomic E-state index is 9.60. The van der Waals surface area contributed by atoms with E-state index in [9.17, 15) is 5.11 Å². The molecule has 3 rings (SSSR count). The van der Waals surface area contributed by atoms with Gasteiger partial charge in [-0.15, -0.1) is 0 Å². The lowest BCUT2D eigenvalue weighted by atomic mass is 10.0. The Hall–Kier alpha value is -1.64. The van der Waals surface area contributed by atoms with Gasteiger partial charge in [-0.05, 0) is 36.0 Å². The van der Waals surface area contributed by atoms with Gasteiger partial charge in [-0.3, -0.25) is 0 Å². The average Bonchev–Trinajstić information content (AvgIpc) is 2.90. The lowest BCUT2D eigenvalue weighted by Crippen LogP contribution is -2.42. The summed E-state index contributed by atoms with van der Waals surface area (Å²) in [5.74, 6) is 0. The molecule has 0 saturated carbocycles. The largest absolute Gasteiger partial charge is 0.395 e. The minimum atomic E-state index is 0.136. The normalized spacial score (nSPS) is 16.1. The molecule has 0 heterocycles. The molecule has 1 aliphatic rings. The number of benzene rings is 2. The molecule has 0 spiro atoms. The van der Waals surface area contributed by atoms with Crippen molar-refractivity contribution in [3.05, 3.63) is 71.3 Å². The topological polar surface area (TPSA) is 32.3 Å². The van der Waals surface area contributed by atoms with E-state index in [1.165, 1.54) is 16.7 Å². The molecule has 2 N–H and O–H groups in total. The molecule has 0 radical (unpaired) electrons. The summed E-state index contributed by atoms with van der Waals surface area (Å²) in [5, 5.41) is 13.2. The molecule has 2 heteroatoms. The molecule has 104 valence electrons. The van der Waals surface area contributed by atoms with Crippen LogP contribution in [0.2, 0.25) is 0 Å². The molecule has 0 amide bonds. The Morgan fingerprint density at radius 1 is 0.950 bits per heavy atom. The van der Waals surface area contributed by atoms with Crippen molar-refractivity contribution in [3.8, 4) is 0 Å². The predicted octanol–water partition coefficient (Wildman–Crippen LogP) is 2.35. The van der Waals surface area contributed by atoms with E-state index in [0.29, 0.717) is 6.04 Å². The maximum Gasteiger partial charge on any atom is 0.0587 e. The number of rotatable bonds is 5. The molecule has 0 unspecified atom stereocenters. The number of fused-ring (bicyclic) bond motifs is 1. The van der Waals surface area contributed by atoms with Gasteiger partial charge in [0.1, 0.15) is 0 Å². The van der Waals surface area contributed by atoms with Gasteiger partial charge in [-0.2, -0.15) is 0 Å². The van der Waals surface area contributed by atoms with Crippen molar-refractivity contribution < 1.29 is 5.11 Å². The third-order valence-electron chi connectivity index (χ3n) is 4.07. The van der Waals surface area contributed by atoms with Crippen molar-refractivity contribution in [2.24, 2.45) is 0 Å². The molecule has 2 aromatic carbocycles. The smallest absolute Gasteiger partial charge is 0.0587 e. The van der Waals surface area contributed by atoms with Crippen LogP contribution in [0.5, 0.6) is 0 Å². The van der Waals surface area contributed by atoms with Gasteiger partial charge in [0.05, 0.1) is 6.61 Å². The summed E-state index contributed by atoms with van der Waals surface area (Å²) in [6, 6.07) is 19.6. The van der Waals surface area contributed by atoms with Crippen molar-refractivity contribution in [3.63, 3.8) is 0 Å². The van der Waals surface area contributed by atoms with E-state index in [1.54, 1.807) is 0 Å². The van der Waals surface area contributed by atoms with Crippen LogP contribution in [0.1, 0.15) is 16.7 Å². The zero-order valence-corrected chi connectivity index (χ0v) is 11.6. The van der Waals surface area contributed by atoms with E-state index in [0.717, 1.165) is 19.3 Å². The summed E-state index contributed by atoms with van der Waals surface area (Å²) in [6.07, 6.45) is 3.02. The van der Waals surface area contributed by atoms with Crippen molar-refractivity contribution in [1.29, 1.82) is 0 Å². The monoisotopic (exact) mass is 267 g/mol. The van der Waals surface area contributed by atoms with E-state index >= 15 is 0 Å². The van der Waals surface area contributed by atoms with Crippen LogP contribution in [0.3, 0.4) is 0 Å². The summed E-state index contributed by atoms with van der Waals surface area (Å²) in [6.45, 7) is 0.182. The van der Waals surface area contributed by atoms with Crippen LogP contribution >= 0.6 is 0 Å². The number of hydrogen-bond acceptors (Lipinski definition) is 2. The highest BCUT2D eigenvalue weighted by atomic mass is 16.3. The van der Waals surface area contributed by atoms with Crippen LogP contribution in [-0.4, -0.2) is 23.8 Å². The predicted molar refractivity (Wildman–Crippen MR) is 81.8 cm³/mol. The van der Waals surface area contributed by atoms with Crippen LogP contribution in [0.4, 0.5) is 0 Å². The first-order valence-electron chi connectivity index (χ1n) is 7.33. The van der Waals surface area contributed by atoms with Gasteiger partial charge >= 0.3 is 0 Å². The molecule has 2 aromatic rings. The Morgan fingerprint density at radius 3 is 2.15 bits per heavy atom. The zero-order chi connectivity index (χ0) is 13.8. The third kappa shape index (κ3) is 3.09. The Labute approximate surface area is 120 Å². The molecule has 0 aliphatic heterocycles. The Kier molecular flexibility index (Phi) is 4.14. The summed E-state index contributed by atoms with van der Waals surface area (Å²) in [4.78, 5) is 0. The van der Waals surface area contributed by atoms with Gasteiger partial charge in [0, 0.05) is 12.1 Å². The minimum absolute atomic E-state index is 0.136. The quantitative estimate of drug-likeness (QED) is 0.871. The summed E-state index contributed by atoms with van der Waals surface area (Å²) >= 11 is 0. The molecular formula is C18H21NO. The SMILES string of the molecule is OC[C@H](Cc1ccccc1)NC1Cc2ccccc2C1. The van der Waals surface area contributed by atoms with Gasteiger partial charge in [0.25, 0.3) is 0 Å². The second-order valence-corrected chi connectivity index (χ2v) is 5.61. The van der Waals surface area contributed by atoms with Gasteiger partial charge in [0.15, 0.2) is 0 Å². The van der Waals surface area contributed by atoms with Crippen molar-refractivity contribution in [1.82, 2.24) is 5.32 Å². The summed E-state index contributed by atoms with van der Waals surface area (Å²) in [7, 11) is 0. The van der Waals surface area contributed by atoms with Crippen molar-refractivity contribution >= 4 is 0 Å². The standard InChI is InChI=1S/C18H21NO/c20-13-18(10-14-6-2-1-3-7-14)19-17-11-15-8-4-5-9-16(15)12-17/h1-9,17-20H,10-13H2/t18-/m0/s1. The lowest BCUT2D eigenvalue weighted by Gasteiger charge is -2.21. The molecule has 1 atom stereocenters. The van der Waals surface area contributed by atoms with Gasteiger partial charge in [-0.1, -0.05) is 54.6 Å². The summed E-state index contributed by atoms with van der Waals surface area (Å²) in [5.41, 5.74) is 4.16. The molecule has 2 nitrogen and oxygen atoms in total. The van der Waals surface area contributed by atoms with Crippen LogP contribution in [0, 0.1) is 0 Å². The highest BCUT2D eigenvalue weighted by Gasteiger charge is 2.23. The number of aliphatic hydroxyl groups is 1. The Balaban J connectivity index is 1.60. The summed E-state index contributed by atoms with van der Waals surface area (Å²) < 4.78 is 0. The lowest BCUT2D eigenvalue weighted by molar-refractivity contribution is 0.231. The Morgan fingerprint density at radius 2 is 1.55 bits per heavy atom. The molecule has 1 aliphatic carbocycles. The van der Waals surface area contributed by atoms with Gasteiger partial charge < -0.3 is 10.4 Å². The molecule has 20 heavy (non-hydrogen) atoms. The van der Waals surface area contributed by atoms with Crippen LogP contribution in [0.25, 0.3) is 0 Å². The van der Waals surface area contributed by atoms with Crippen LogP contribution in [0.15, 0.2) is 54.6 Å². The number of hydrogen-bond donors (Lipinski definition) is 2. The second-order valence-electron chi connectivity index (χ2n) is 5.61. The molecule has 0 bridgehead atoms. The first kappa shape index (κ1) is 13.3. The fourth-order valence-corrected chi connectivity index (χ4v) is 3.08. The first-order valence-corrected chi connectivity index (χ1v) is 7.33. The van der Waals surface area contributed by atoms with E-state index in [2.05, 4.69) is 53.8 Å². The average molecular weight is 267 g/mol. The highest BCUT2D eigenvalue weighted by Crippen LogP contribution is 2.22. The van der Waals surface area contributed by atoms with E-state index < -0.39 is 0 Å². The number of nitrogens with one attached hydrogen (secondary N) is 1. The second kappa shape index (κ2) is 6.21.